The molecule has 0 bridgehead atoms. The maximum atomic E-state index is 12.5. The molecule has 0 radical (unpaired) electrons. The van der Waals surface area contributed by atoms with E-state index in [1.807, 2.05) is 0 Å². The van der Waals surface area contributed by atoms with E-state index in [1.54, 1.807) is 26.8 Å². The second kappa shape index (κ2) is 6.92. The van der Waals surface area contributed by atoms with Gasteiger partial charge >= 0.3 is 6.03 Å². The first-order valence-electron chi connectivity index (χ1n) is 7.93. The molecule has 0 atom stereocenters. The first-order valence-corrected chi connectivity index (χ1v) is 7.93. The molecule has 1 aromatic rings. The van der Waals surface area contributed by atoms with Crippen molar-refractivity contribution >= 4 is 29.4 Å². The van der Waals surface area contributed by atoms with E-state index in [0.29, 0.717) is 17.8 Å². The molecule has 0 fully saturated rings. The summed E-state index contributed by atoms with van der Waals surface area (Å²) in [4.78, 5) is 48.7. The van der Waals surface area contributed by atoms with Crippen LogP contribution in [0.3, 0.4) is 0 Å². The molecule has 0 saturated heterocycles. The maximum Gasteiger partial charge on any atom is 0.319 e. The normalized spacial score (nSPS) is 13.5. The van der Waals surface area contributed by atoms with Crippen LogP contribution in [0.1, 0.15) is 48.4 Å². The predicted octanol–water partition coefficient (Wildman–Crippen LogP) is 1.34. The fraction of sp³-hybridized carbons (Fsp3) is 0.412. The van der Waals surface area contributed by atoms with Crippen LogP contribution in [0.2, 0.25) is 0 Å². The Kier molecular flexibility index (Phi) is 5.10. The molecule has 5 amide bonds. The summed E-state index contributed by atoms with van der Waals surface area (Å²) in [6.07, 6.45) is 0. The number of carbonyl (C=O) groups is 4. The van der Waals surface area contributed by atoms with Crippen LogP contribution in [0.4, 0.5) is 10.5 Å². The van der Waals surface area contributed by atoms with Crippen molar-refractivity contribution in [3.05, 3.63) is 29.3 Å². The molecular formula is C17H22N4O4. The van der Waals surface area contributed by atoms with Crippen molar-refractivity contribution in [3.8, 4) is 0 Å². The van der Waals surface area contributed by atoms with Crippen LogP contribution in [-0.4, -0.2) is 47.3 Å². The predicted molar refractivity (Wildman–Crippen MR) is 92.4 cm³/mol. The second-order valence-electron chi connectivity index (χ2n) is 6.74. The molecule has 8 nitrogen and oxygen atoms in total. The average molecular weight is 346 g/mol. The Labute approximate surface area is 145 Å². The number of nitrogens with one attached hydrogen (secondary N) is 3. The van der Waals surface area contributed by atoms with E-state index in [0.717, 1.165) is 0 Å². The maximum absolute atomic E-state index is 12.5. The fourth-order valence-corrected chi connectivity index (χ4v) is 2.52. The minimum atomic E-state index is -0.623. The SMILES string of the molecule is CC(=O)NCCNC(=O)Nc1ccc2c(c1)C(=O)N(C(C)(C)C)C2=O. The third-order valence-electron chi connectivity index (χ3n) is 3.60. The van der Waals surface area contributed by atoms with Gasteiger partial charge in [-0.1, -0.05) is 0 Å². The van der Waals surface area contributed by atoms with Crippen LogP contribution >= 0.6 is 0 Å². The summed E-state index contributed by atoms with van der Waals surface area (Å²) in [5.41, 5.74) is 0.391. The molecule has 0 aliphatic carbocycles. The highest BCUT2D eigenvalue weighted by Gasteiger charge is 2.41. The summed E-state index contributed by atoms with van der Waals surface area (Å²) in [6.45, 7) is 7.35. The van der Waals surface area contributed by atoms with Crippen LogP contribution in [0.25, 0.3) is 0 Å². The van der Waals surface area contributed by atoms with Crippen molar-refractivity contribution in [2.45, 2.75) is 33.2 Å². The van der Waals surface area contributed by atoms with Crippen LogP contribution in [0.15, 0.2) is 18.2 Å². The molecule has 8 heteroatoms. The first-order chi connectivity index (χ1) is 11.6. The fourth-order valence-electron chi connectivity index (χ4n) is 2.52. The Bertz CT molecular complexity index is 737. The van der Waals surface area contributed by atoms with Gasteiger partial charge in [-0.05, 0) is 39.0 Å². The third kappa shape index (κ3) is 4.14. The van der Waals surface area contributed by atoms with E-state index in [9.17, 15) is 19.2 Å². The van der Waals surface area contributed by atoms with Gasteiger partial charge in [0, 0.05) is 31.2 Å². The summed E-state index contributed by atoms with van der Waals surface area (Å²) >= 11 is 0. The molecule has 0 saturated carbocycles. The van der Waals surface area contributed by atoms with Crippen LogP contribution < -0.4 is 16.0 Å². The minimum Gasteiger partial charge on any atom is -0.355 e. The Balaban J connectivity index is 2.04. The average Bonchev–Trinajstić information content (AvgIpc) is 2.74. The standard InChI is InChI=1S/C17H22N4O4/c1-10(22)18-7-8-19-16(25)20-11-5-6-12-13(9-11)15(24)21(14(12)23)17(2,3)4/h5-6,9H,7-8H2,1-4H3,(H,18,22)(H2,19,20,25). The summed E-state index contributed by atoms with van der Waals surface area (Å²) in [6, 6.07) is 4.14. The number of amides is 5. The minimum absolute atomic E-state index is 0.174. The molecule has 134 valence electrons. The Morgan fingerprint density at radius 1 is 1.00 bits per heavy atom. The number of hydrogen-bond donors (Lipinski definition) is 3. The molecule has 0 spiro atoms. The first kappa shape index (κ1) is 18.4. The van der Waals surface area contributed by atoms with E-state index in [4.69, 9.17) is 0 Å². The summed E-state index contributed by atoms with van der Waals surface area (Å²) in [7, 11) is 0. The lowest BCUT2D eigenvalue weighted by atomic mass is 10.1. The smallest absolute Gasteiger partial charge is 0.319 e. The van der Waals surface area contributed by atoms with E-state index in [-0.39, 0.29) is 29.8 Å². The molecule has 1 heterocycles. The zero-order valence-electron chi connectivity index (χ0n) is 14.7. The number of fused-ring (bicyclic) bond motifs is 1. The number of nitrogens with zero attached hydrogens (tertiary/aromatic N) is 1. The zero-order chi connectivity index (χ0) is 18.8. The van der Waals surface area contributed by atoms with Crippen molar-refractivity contribution in [1.82, 2.24) is 15.5 Å². The second-order valence-corrected chi connectivity index (χ2v) is 6.74. The molecule has 1 aliphatic rings. The monoisotopic (exact) mass is 346 g/mol. The van der Waals surface area contributed by atoms with Crippen molar-refractivity contribution in [3.63, 3.8) is 0 Å². The van der Waals surface area contributed by atoms with Gasteiger partial charge in [-0.25, -0.2) is 4.79 Å². The van der Waals surface area contributed by atoms with E-state index < -0.39 is 11.6 Å². The van der Waals surface area contributed by atoms with Gasteiger partial charge in [0.1, 0.15) is 0 Å². The molecule has 3 N–H and O–H groups in total. The van der Waals surface area contributed by atoms with Gasteiger partial charge in [0.15, 0.2) is 0 Å². The Morgan fingerprint density at radius 2 is 1.60 bits per heavy atom. The van der Waals surface area contributed by atoms with Gasteiger partial charge in [-0.3, -0.25) is 19.3 Å². The highest BCUT2D eigenvalue weighted by molar-refractivity contribution is 6.22. The van der Waals surface area contributed by atoms with Gasteiger partial charge in [-0.15, -0.1) is 0 Å². The number of urea groups is 1. The topological polar surface area (TPSA) is 108 Å². The lowest BCUT2D eigenvalue weighted by Gasteiger charge is -2.29. The number of anilines is 1. The Hall–Kier alpha value is -2.90. The van der Waals surface area contributed by atoms with Crippen molar-refractivity contribution in [2.75, 3.05) is 18.4 Å². The molecular weight excluding hydrogens is 324 g/mol. The lowest BCUT2D eigenvalue weighted by Crippen LogP contribution is -2.45. The van der Waals surface area contributed by atoms with Gasteiger partial charge in [-0.2, -0.15) is 0 Å². The van der Waals surface area contributed by atoms with Crippen LogP contribution in [-0.2, 0) is 4.79 Å². The quantitative estimate of drug-likeness (QED) is 0.565. The number of imide groups is 1. The molecule has 0 unspecified atom stereocenters. The molecule has 1 aromatic carbocycles. The number of benzene rings is 1. The number of carbonyl (C=O) groups excluding carboxylic acids is 4. The van der Waals surface area contributed by atoms with Gasteiger partial charge < -0.3 is 16.0 Å². The molecule has 2 rings (SSSR count). The van der Waals surface area contributed by atoms with Gasteiger partial charge in [0.05, 0.1) is 11.1 Å². The molecule has 0 aromatic heterocycles. The molecule has 25 heavy (non-hydrogen) atoms. The highest BCUT2D eigenvalue weighted by Crippen LogP contribution is 2.30. The highest BCUT2D eigenvalue weighted by atomic mass is 16.2. The summed E-state index contributed by atoms with van der Waals surface area (Å²) in [5.74, 6) is -0.881. The van der Waals surface area contributed by atoms with E-state index in [1.165, 1.54) is 24.0 Å². The number of rotatable bonds is 4. The van der Waals surface area contributed by atoms with Crippen molar-refractivity contribution < 1.29 is 19.2 Å². The third-order valence-corrected chi connectivity index (χ3v) is 3.60. The van der Waals surface area contributed by atoms with Gasteiger partial charge in [0.2, 0.25) is 5.91 Å². The van der Waals surface area contributed by atoms with E-state index >= 15 is 0 Å². The van der Waals surface area contributed by atoms with E-state index in [2.05, 4.69) is 16.0 Å². The summed E-state index contributed by atoms with van der Waals surface area (Å²) in [5, 5.41) is 7.74. The molecule has 1 aliphatic heterocycles. The zero-order valence-corrected chi connectivity index (χ0v) is 14.7. The largest absolute Gasteiger partial charge is 0.355 e. The summed E-state index contributed by atoms with van der Waals surface area (Å²) < 4.78 is 0. The van der Waals surface area contributed by atoms with Gasteiger partial charge in [0.25, 0.3) is 11.8 Å². The lowest BCUT2D eigenvalue weighted by molar-refractivity contribution is -0.118. The van der Waals surface area contributed by atoms with Crippen molar-refractivity contribution in [1.29, 1.82) is 0 Å². The van der Waals surface area contributed by atoms with Crippen LogP contribution in [0.5, 0.6) is 0 Å². The van der Waals surface area contributed by atoms with Crippen molar-refractivity contribution in [2.24, 2.45) is 0 Å². The number of hydrogen-bond acceptors (Lipinski definition) is 4. The van der Waals surface area contributed by atoms with Crippen LogP contribution in [0, 0.1) is 0 Å². The Morgan fingerprint density at radius 3 is 2.20 bits per heavy atom.